The fourth-order valence-corrected chi connectivity index (χ4v) is 4.23. The summed E-state index contributed by atoms with van der Waals surface area (Å²) in [5.41, 5.74) is 2.66. The van der Waals surface area contributed by atoms with Gasteiger partial charge in [-0.15, -0.1) is 0 Å². The number of rotatable bonds is 5. The lowest BCUT2D eigenvalue weighted by Crippen LogP contribution is -2.09. The number of H-pyrrole nitrogens is 1. The Bertz CT molecular complexity index is 1250. The van der Waals surface area contributed by atoms with Gasteiger partial charge < -0.3 is 9.40 Å². The van der Waals surface area contributed by atoms with Crippen molar-refractivity contribution in [2.75, 3.05) is 0 Å². The quantitative estimate of drug-likeness (QED) is 0.300. The molecule has 4 aromatic rings. The summed E-state index contributed by atoms with van der Waals surface area (Å²) in [4.78, 5) is 24.8. The van der Waals surface area contributed by atoms with E-state index in [0.29, 0.717) is 28.0 Å². The van der Waals surface area contributed by atoms with Crippen LogP contribution in [0.2, 0.25) is 0 Å². The van der Waals surface area contributed by atoms with E-state index < -0.39 is 0 Å². The van der Waals surface area contributed by atoms with Crippen molar-refractivity contribution in [2.24, 2.45) is 4.99 Å². The first kappa shape index (κ1) is 19.4. The Morgan fingerprint density at radius 2 is 2.10 bits per heavy atom. The molecule has 0 radical (unpaired) electrons. The number of aromatic nitrogens is 2. The second kappa shape index (κ2) is 8.63. The Morgan fingerprint density at radius 1 is 1.28 bits per heavy atom. The summed E-state index contributed by atoms with van der Waals surface area (Å²) in [6.07, 6.45) is 4.77. The number of hydrogen-bond donors (Lipinski definition) is 1. The van der Waals surface area contributed by atoms with Gasteiger partial charge in [0.15, 0.2) is 0 Å². The molecule has 2 heterocycles. The number of benzene rings is 2. The number of aliphatic imine (C=N–C) groups is 1. The predicted molar refractivity (Wildman–Crippen MR) is 122 cm³/mol. The number of fused-ring (bicyclic) bond motifs is 1. The van der Waals surface area contributed by atoms with Crippen molar-refractivity contribution >= 4 is 43.7 Å². The van der Waals surface area contributed by atoms with Crippen LogP contribution in [0.3, 0.4) is 0 Å². The van der Waals surface area contributed by atoms with Crippen LogP contribution in [0.4, 0.5) is 0 Å². The van der Waals surface area contributed by atoms with Crippen LogP contribution in [0.1, 0.15) is 11.5 Å². The molecule has 4 rings (SSSR count). The Morgan fingerprint density at radius 3 is 2.83 bits per heavy atom. The van der Waals surface area contributed by atoms with E-state index in [-0.39, 0.29) is 5.43 Å². The zero-order chi connectivity index (χ0) is 20.2. The number of nitrogens with zero attached hydrogens (tertiary/aromatic N) is 2. The number of nitrogens with one attached hydrogen (secondary N) is 1. The standard InChI is InChI=1S/C22H16BrN3O2S/c1-2-25-22(17-11-24-13-26-17)29-12-19-20(14-6-4-3-5-7-14)21(27)16-10-15(23)8-9-18(16)28-19/h2-11,13H,1,12H2,(H,24,26). The van der Waals surface area contributed by atoms with E-state index in [1.54, 1.807) is 24.7 Å². The maximum absolute atomic E-state index is 13.3. The van der Waals surface area contributed by atoms with E-state index in [2.05, 4.69) is 37.5 Å². The third-order valence-electron chi connectivity index (χ3n) is 4.26. The summed E-state index contributed by atoms with van der Waals surface area (Å²) >= 11 is 4.89. The number of imidazole rings is 1. The minimum atomic E-state index is -0.0573. The second-order valence-corrected chi connectivity index (χ2v) is 7.99. The highest BCUT2D eigenvalue weighted by Gasteiger charge is 2.18. The molecule has 0 aliphatic heterocycles. The maximum Gasteiger partial charge on any atom is 0.200 e. The zero-order valence-corrected chi connectivity index (χ0v) is 17.7. The normalized spacial score (nSPS) is 11.7. The molecule has 1 N–H and O–H groups in total. The monoisotopic (exact) mass is 465 g/mol. The van der Waals surface area contributed by atoms with Crippen LogP contribution < -0.4 is 5.43 Å². The number of aromatic amines is 1. The van der Waals surface area contributed by atoms with Crippen molar-refractivity contribution in [1.82, 2.24) is 9.97 Å². The van der Waals surface area contributed by atoms with Gasteiger partial charge in [-0.1, -0.05) is 64.6 Å². The van der Waals surface area contributed by atoms with Gasteiger partial charge in [0.05, 0.1) is 34.9 Å². The fourth-order valence-electron chi connectivity index (χ4n) is 2.99. The molecule has 0 fully saturated rings. The molecule has 5 nitrogen and oxygen atoms in total. The van der Waals surface area contributed by atoms with Crippen molar-refractivity contribution in [3.05, 3.63) is 100.0 Å². The van der Waals surface area contributed by atoms with E-state index in [1.807, 2.05) is 36.4 Å². The molecule has 0 saturated carbocycles. The molecule has 0 aliphatic carbocycles. The Kier molecular flexibility index (Phi) is 5.78. The molecule has 2 aromatic carbocycles. The summed E-state index contributed by atoms with van der Waals surface area (Å²) < 4.78 is 7.01. The zero-order valence-electron chi connectivity index (χ0n) is 15.3. The van der Waals surface area contributed by atoms with Crippen LogP contribution in [0.15, 0.2) is 92.5 Å². The molecular weight excluding hydrogens is 450 g/mol. The molecule has 144 valence electrons. The molecule has 0 saturated heterocycles. The summed E-state index contributed by atoms with van der Waals surface area (Å²) in [5, 5.41) is 1.26. The summed E-state index contributed by atoms with van der Waals surface area (Å²) in [5.74, 6) is 1.02. The predicted octanol–water partition coefficient (Wildman–Crippen LogP) is 5.77. The Hall–Kier alpha value is -2.90. The van der Waals surface area contributed by atoms with Crippen LogP contribution in [-0.4, -0.2) is 15.0 Å². The second-order valence-electron chi connectivity index (χ2n) is 6.11. The molecule has 7 heteroatoms. The lowest BCUT2D eigenvalue weighted by molar-refractivity contribution is 0.563. The van der Waals surface area contributed by atoms with Gasteiger partial charge in [-0.3, -0.25) is 4.79 Å². The topological polar surface area (TPSA) is 71.2 Å². The number of hydrogen-bond acceptors (Lipinski definition) is 5. The average molecular weight is 466 g/mol. The fraction of sp³-hybridized carbons (Fsp3) is 0.0455. The molecule has 0 amide bonds. The van der Waals surface area contributed by atoms with Gasteiger partial charge in [-0.25, -0.2) is 9.98 Å². The van der Waals surface area contributed by atoms with Crippen molar-refractivity contribution in [1.29, 1.82) is 0 Å². The van der Waals surface area contributed by atoms with Crippen molar-refractivity contribution in [3.63, 3.8) is 0 Å². The third-order valence-corrected chi connectivity index (χ3v) is 5.76. The lowest BCUT2D eigenvalue weighted by atomic mass is 10.0. The number of thioether (sulfide) groups is 1. The van der Waals surface area contributed by atoms with E-state index >= 15 is 0 Å². The summed E-state index contributed by atoms with van der Waals surface area (Å²) in [6, 6.07) is 15.0. The van der Waals surface area contributed by atoms with Crippen LogP contribution in [0, 0.1) is 0 Å². The van der Waals surface area contributed by atoms with Gasteiger partial charge in [-0.2, -0.15) is 0 Å². The van der Waals surface area contributed by atoms with Gasteiger partial charge >= 0.3 is 0 Å². The molecular formula is C22H16BrN3O2S. The average Bonchev–Trinajstić information content (AvgIpc) is 3.27. The number of halogens is 1. The molecule has 2 aromatic heterocycles. The van der Waals surface area contributed by atoms with Crippen molar-refractivity contribution < 1.29 is 4.42 Å². The molecule has 0 bridgehead atoms. The van der Waals surface area contributed by atoms with E-state index in [1.165, 1.54) is 18.0 Å². The van der Waals surface area contributed by atoms with Gasteiger partial charge in [0.1, 0.15) is 16.4 Å². The van der Waals surface area contributed by atoms with Gasteiger partial charge in [-0.05, 0) is 23.8 Å². The highest BCUT2D eigenvalue weighted by atomic mass is 79.9. The van der Waals surface area contributed by atoms with Crippen LogP contribution >= 0.6 is 27.7 Å². The first-order valence-electron chi connectivity index (χ1n) is 8.78. The van der Waals surface area contributed by atoms with Crippen LogP contribution in [0.25, 0.3) is 22.1 Å². The molecule has 0 spiro atoms. The minimum absolute atomic E-state index is 0.0573. The molecule has 29 heavy (non-hydrogen) atoms. The van der Waals surface area contributed by atoms with Crippen molar-refractivity contribution in [2.45, 2.75) is 5.75 Å². The third kappa shape index (κ3) is 4.11. The largest absolute Gasteiger partial charge is 0.459 e. The maximum atomic E-state index is 13.3. The van der Waals surface area contributed by atoms with Gasteiger partial charge in [0.2, 0.25) is 5.43 Å². The Balaban J connectivity index is 1.82. The van der Waals surface area contributed by atoms with Gasteiger partial charge in [0, 0.05) is 10.7 Å². The summed E-state index contributed by atoms with van der Waals surface area (Å²) in [6.45, 7) is 3.68. The van der Waals surface area contributed by atoms with E-state index in [4.69, 9.17) is 4.42 Å². The van der Waals surface area contributed by atoms with Crippen LogP contribution in [-0.2, 0) is 5.75 Å². The van der Waals surface area contributed by atoms with E-state index in [0.717, 1.165) is 20.8 Å². The smallest absolute Gasteiger partial charge is 0.200 e. The van der Waals surface area contributed by atoms with Gasteiger partial charge in [0.25, 0.3) is 0 Å². The van der Waals surface area contributed by atoms with Crippen LogP contribution in [0.5, 0.6) is 0 Å². The van der Waals surface area contributed by atoms with Crippen molar-refractivity contribution in [3.8, 4) is 11.1 Å². The highest BCUT2D eigenvalue weighted by molar-refractivity contribution is 9.10. The Labute approximate surface area is 179 Å². The molecule has 0 atom stereocenters. The first-order valence-corrected chi connectivity index (χ1v) is 10.6. The summed E-state index contributed by atoms with van der Waals surface area (Å²) in [7, 11) is 0. The SMILES string of the molecule is C=CN=C(SCc1oc2ccc(Br)cc2c(=O)c1-c1ccccc1)c1cnc[nH]1. The highest BCUT2D eigenvalue weighted by Crippen LogP contribution is 2.29. The molecule has 0 unspecified atom stereocenters. The minimum Gasteiger partial charge on any atom is -0.459 e. The molecule has 0 aliphatic rings. The first-order chi connectivity index (χ1) is 14.2. The lowest BCUT2D eigenvalue weighted by Gasteiger charge is -2.11. The van der Waals surface area contributed by atoms with E-state index in [9.17, 15) is 4.79 Å².